The molecule has 8 N–H and O–H groups in total. The van der Waals surface area contributed by atoms with Gasteiger partial charge in [-0.1, -0.05) is 30.3 Å². The summed E-state index contributed by atoms with van der Waals surface area (Å²) < 4.78 is 0. The zero-order valence-electron chi connectivity index (χ0n) is 24.6. The van der Waals surface area contributed by atoms with E-state index in [1.54, 1.807) is 36.4 Å². The van der Waals surface area contributed by atoms with Crippen LogP contribution in [0.15, 0.2) is 64.8 Å². The molecule has 17 heteroatoms. The number of urea groups is 1. The van der Waals surface area contributed by atoms with E-state index >= 15 is 0 Å². The van der Waals surface area contributed by atoms with E-state index in [1.165, 1.54) is 0 Å². The Labute approximate surface area is 262 Å². The van der Waals surface area contributed by atoms with Crippen molar-refractivity contribution < 1.29 is 48.9 Å². The van der Waals surface area contributed by atoms with E-state index in [1.807, 2.05) is 28.8 Å². The van der Waals surface area contributed by atoms with Gasteiger partial charge in [-0.3, -0.25) is 19.2 Å². The average Bonchev–Trinajstić information content (AvgIpc) is 3.02. The van der Waals surface area contributed by atoms with Crippen LogP contribution in [-0.4, -0.2) is 82.2 Å². The van der Waals surface area contributed by atoms with Crippen molar-refractivity contribution in [2.24, 2.45) is 10.2 Å². The van der Waals surface area contributed by atoms with Crippen LogP contribution in [-0.2, 0) is 28.8 Å². The van der Waals surface area contributed by atoms with Gasteiger partial charge in [-0.15, -0.1) is 5.11 Å². The second-order valence-corrected chi connectivity index (χ2v) is 9.67. The number of rotatable bonds is 19. The van der Waals surface area contributed by atoms with Gasteiger partial charge in [0.05, 0.1) is 11.4 Å². The van der Waals surface area contributed by atoms with Gasteiger partial charge >= 0.3 is 23.9 Å². The molecule has 0 spiro atoms. The molecule has 246 valence electrons. The highest BCUT2D eigenvalue weighted by Crippen LogP contribution is 2.26. The number of para-hydroxylation sites is 1. The molecular weight excluding hydrogens is 606 g/mol. The van der Waals surface area contributed by atoms with Crippen molar-refractivity contribution in [3.8, 4) is 0 Å². The van der Waals surface area contributed by atoms with Crippen LogP contribution < -0.4 is 26.6 Å². The van der Waals surface area contributed by atoms with Crippen LogP contribution >= 0.6 is 0 Å². The first kappa shape index (κ1) is 36.3. The van der Waals surface area contributed by atoms with Crippen LogP contribution in [0.3, 0.4) is 0 Å². The number of carbonyl (C=O) groups is 7. The Hall–Kier alpha value is -5.87. The zero-order valence-corrected chi connectivity index (χ0v) is 24.6. The molecule has 46 heavy (non-hydrogen) atoms. The number of nitrogens with zero attached hydrogens (tertiary/aromatic N) is 2. The number of carboxylic acids is 3. The Morgan fingerprint density at radius 2 is 1.13 bits per heavy atom. The van der Waals surface area contributed by atoms with Crippen LogP contribution in [0.25, 0.3) is 0 Å². The average molecular weight is 642 g/mol. The maximum atomic E-state index is 12.4. The third kappa shape index (κ3) is 14.5. The summed E-state index contributed by atoms with van der Waals surface area (Å²) in [5, 5.41) is 47.2. The lowest BCUT2D eigenvalue weighted by atomic mass is 10.1. The van der Waals surface area contributed by atoms with Gasteiger partial charge in [-0.2, -0.15) is 5.11 Å². The summed E-state index contributed by atoms with van der Waals surface area (Å²) in [4.78, 5) is 82.0. The summed E-state index contributed by atoms with van der Waals surface area (Å²) in [6, 6.07) is 11.6. The monoisotopic (exact) mass is 641 g/mol. The molecule has 0 bridgehead atoms. The van der Waals surface area contributed by atoms with Gasteiger partial charge in [0, 0.05) is 38.8 Å². The molecule has 2 rings (SSSR count). The highest BCUT2D eigenvalue weighted by atomic mass is 16.4. The van der Waals surface area contributed by atoms with E-state index in [2.05, 4.69) is 26.2 Å². The number of anilines is 1. The number of benzene rings is 2. The maximum Gasteiger partial charge on any atom is 0.326 e. The SMILES string of the molecule is O=C(O)CCC(NC(=O)NC(CCC(=O)NCCNC(=O)CCC(=O)Nc1ccccc1N=Nc1ccccc1)C(=O)O)C(=O)O. The lowest BCUT2D eigenvalue weighted by Crippen LogP contribution is -2.51. The summed E-state index contributed by atoms with van der Waals surface area (Å²) in [6.45, 7) is 0.0386. The lowest BCUT2D eigenvalue weighted by molar-refractivity contribution is -0.141. The van der Waals surface area contributed by atoms with Crippen LogP contribution in [0.5, 0.6) is 0 Å². The first-order chi connectivity index (χ1) is 21.9. The van der Waals surface area contributed by atoms with Crippen molar-refractivity contribution in [1.29, 1.82) is 0 Å². The topological polar surface area (TPSA) is 265 Å². The van der Waals surface area contributed by atoms with Crippen molar-refractivity contribution in [2.75, 3.05) is 18.4 Å². The Morgan fingerprint density at radius 1 is 0.609 bits per heavy atom. The van der Waals surface area contributed by atoms with E-state index < -0.39 is 66.6 Å². The molecule has 0 fully saturated rings. The van der Waals surface area contributed by atoms with Gasteiger partial charge in [-0.05, 0) is 37.1 Å². The minimum absolute atomic E-state index is 0.00604. The number of amides is 5. The van der Waals surface area contributed by atoms with E-state index in [0.717, 1.165) is 0 Å². The molecule has 2 aromatic carbocycles. The standard InChI is InChI=1S/C29H35N7O10/c37-23(12-10-21(27(42)43)33-29(46)34-22(28(44)45)11-15-26(40)41)30-16-17-31-24(38)13-14-25(39)32-19-8-4-5-9-20(19)36-35-18-6-2-1-3-7-18/h1-9,21-22H,10-17H2,(H,30,37)(H,31,38)(H,32,39)(H,40,41)(H,42,43)(H,44,45)(H2,33,34,46). The Morgan fingerprint density at radius 3 is 1.72 bits per heavy atom. The number of carbonyl (C=O) groups excluding carboxylic acids is 4. The van der Waals surface area contributed by atoms with Crippen molar-refractivity contribution in [3.05, 3.63) is 54.6 Å². The zero-order chi connectivity index (χ0) is 33.9. The number of carboxylic acid groups (broad SMARTS) is 3. The number of nitrogens with one attached hydrogen (secondary N) is 5. The third-order valence-corrected chi connectivity index (χ3v) is 6.07. The molecule has 0 aliphatic carbocycles. The molecule has 0 saturated carbocycles. The van der Waals surface area contributed by atoms with Crippen molar-refractivity contribution in [1.82, 2.24) is 21.3 Å². The third-order valence-electron chi connectivity index (χ3n) is 6.07. The molecule has 2 unspecified atom stereocenters. The summed E-state index contributed by atoms with van der Waals surface area (Å²) in [5.74, 6) is -5.68. The number of hydrogen-bond acceptors (Lipinski definition) is 9. The Balaban J connectivity index is 1.68. The first-order valence-corrected chi connectivity index (χ1v) is 14.1. The Kier molecular flexibility index (Phi) is 15.3. The van der Waals surface area contributed by atoms with Gasteiger partial charge in [0.2, 0.25) is 17.7 Å². The van der Waals surface area contributed by atoms with Gasteiger partial charge in [-0.25, -0.2) is 14.4 Å². The summed E-state index contributed by atoms with van der Waals surface area (Å²) in [7, 11) is 0. The molecule has 2 aromatic rings. The quantitative estimate of drug-likeness (QED) is 0.0815. The van der Waals surface area contributed by atoms with Gasteiger partial charge in [0.1, 0.15) is 17.8 Å². The first-order valence-electron chi connectivity index (χ1n) is 14.1. The van der Waals surface area contributed by atoms with Crippen LogP contribution in [0.4, 0.5) is 21.9 Å². The second-order valence-electron chi connectivity index (χ2n) is 9.67. The summed E-state index contributed by atoms with van der Waals surface area (Å²) in [5.41, 5.74) is 1.51. The van der Waals surface area contributed by atoms with Crippen molar-refractivity contribution in [2.45, 2.75) is 50.6 Å². The molecular formula is C29H35N7O10. The number of aliphatic carboxylic acids is 3. The molecule has 0 aromatic heterocycles. The largest absolute Gasteiger partial charge is 0.481 e. The fourth-order valence-corrected chi connectivity index (χ4v) is 3.71. The molecule has 0 radical (unpaired) electrons. The van der Waals surface area contributed by atoms with E-state index in [4.69, 9.17) is 10.2 Å². The van der Waals surface area contributed by atoms with Crippen molar-refractivity contribution >= 4 is 58.7 Å². The van der Waals surface area contributed by atoms with Crippen LogP contribution in [0.1, 0.15) is 38.5 Å². The molecule has 2 atom stereocenters. The molecule has 0 saturated heterocycles. The number of azo groups is 1. The second kappa shape index (κ2) is 19.4. The molecule has 0 heterocycles. The van der Waals surface area contributed by atoms with Crippen LogP contribution in [0.2, 0.25) is 0 Å². The summed E-state index contributed by atoms with van der Waals surface area (Å²) >= 11 is 0. The highest BCUT2D eigenvalue weighted by molar-refractivity contribution is 5.95. The summed E-state index contributed by atoms with van der Waals surface area (Å²) in [6.07, 6.45) is -1.85. The van der Waals surface area contributed by atoms with Gasteiger partial charge in [0.15, 0.2) is 0 Å². The van der Waals surface area contributed by atoms with Crippen LogP contribution in [0, 0.1) is 0 Å². The van der Waals surface area contributed by atoms with E-state index in [9.17, 15) is 38.7 Å². The fourth-order valence-electron chi connectivity index (χ4n) is 3.71. The maximum absolute atomic E-state index is 12.4. The highest BCUT2D eigenvalue weighted by Gasteiger charge is 2.25. The van der Waals surface area contributed by atoms with Gasteiger partial charge in [0.25, 0.3) is 0 Å². The lowest BCUT2D eigenvalue weighted by Gasteiger charge is -2.18. The van der Waals surface area contributed by atoms with E-state index in [-0.39, 0.29) is 38.8 Å². The Bertz CT molecular complexity index is 1420. The molecule has 17 nitrogen and oxygen atoms in total. The molecule has 0 aliphatic rings. The predicted octanol–water partition coefficient (Wildman–Crippen LogP) is 1.90. The fraction of sp³-hybridized carbons (Fsp3) is 0.345. The molecule has 5 amide bonds. The van der Waals surface area contributed by atoms with E-state index in [0.29, 0.717) is 17.1 Å². The minimum Gasteiger partial charge on any atom is -0.481 e. The predicted molar refractivity (Wildman–Crippen MR) is 162 cm³/mol. The molecule has 0 aliphatic heterocycles. The number of hydrogen-bond donors (Lipinski definition) is 8. The normalized spacial score (nSPS) is 11.9. The smallest absolute Gasteiger partial charge is 0.326 e. The minimum atomic E-state index is -1.56. The van der Waals surface area contributed by atoms with Gasteiger partial charge < -0.3 is 41.9 Å². The van der Waals surface area contributed by atoms with Crippen molar-refractivity contribution in [3.63, 3.8) is 0 Å².